The van der Waals surface area contributed by atoms with E-state index in [0.717, 1.165) is 31.9 Å². The zero-order valence-electron chi connectivity index (χ0n) is 20.8. The van der Waals surface area contributed by atoms with Gasteiger partial charge in [-0.2, -0.15) is 11.8 Å². The van der Waals surface area contributed by atoms with Crippen molar-refractivity contribution < 1.29 is 22.8 Å². The average molecular weight is 483 g/mol. The van der Waals surface area contributed by atoms with Gasteiger partial charge in [0.25, 0.3) is 0 Å². The minimum absolute atomic E-state index is 0.520. The van der Waals surface area contributed by atoms with Crippen molar-refractivity contribution in [3.63, 3.8) is 0 Å². The molecule has 0 rings (SSSR count). The first-order valence-corrected chi connectivity index (χ1v) is 18.1. The number of unbranched alkanes of at least 4 members (excludes halogenated alkanes) is 1. The number of rotatable bonds is 23. The third-order valence-corrected chi connectivity index (χ3v) is 17.1. The van der Waals surface area contributed by atoms with Crippen molar-refractivity contribution in [2.45, 2.75) is 85.0 Å². The van der Waals surface area contributed by atoms with Gasteiger partial charge in [-0.3, -0.25) is 0 Å². The molecule has 5 nitrogen and oxygen atoms in total. The molecule has 0 N–H and O–H groups in total. The Balaban J connectivity index is 4.27. The van der Waals surface area contributed by atoms with E-state index >= 15 is 0 Å². The van der Waals surface area contributed by atoms with Gasteiger partial charge in [-0.25, -0.2) is 0 Å². The molecule has 0 saturated heterocycles. The molecule has 0 bridgehead atoms. The van der Waals surface area contributed by atoms with Crippen molar-refractivity contribution in [3.8, 4) is 0 Å². The molecule has 0 aliphatic heterocycles. The molecule has 0 saturated carbocycles. The molecule has 0 aromatic carbocycles. The summed E-state index contributed by atoms with van der Waals surface area (Å²) in [6, 6.07) is 5.09. The van der Waals surface area contributed by atoms with E-state index in [1.165, 1.54) is 29.3 Å². The van der Waals surface area contributed by atoms with Crippen LogP contribution in [0.5, 0.6) is 0 Å². The zero-order valence-corrected chi connectivity index (χ0v) is 23.6. The molecule has 30 heavy (non-hydrogen) atoms. The highest BCUT2D eigenvalue weighted by atomic mass is 32.2. The first-order chi connectivity index (χ1) is 14.6. The minimum atomic E-state index is -2.62. The first kappa shape index (κ1) is 30.6. The maximum absolute atomic E-state index is 6.19. The summed E-state index contributed by atoms with van der Waals surface area (Å²) in [7, 11) is -3.65. The lowest BCUT2D eigenvalue weighted by atomic mass is 10.4. The van der Waals surface area contributed by atoms with Crippen molar-refractivity contribution in [2.24, 2.45) is 0 Å². The van der Waals surface area contributed by atoms with Crippen LogP contribution in [0.25, 0.3) is 0 Å². The summed E-state index contributed by atoms with van der Waals surface area (Å²) in [6.07, 6.45) is 3.36. The maximum atomic E-state index is 6.19. The van der Waals surface area contributed by atoms with Crippen LogP contribution in [-0.4, -0.2) is 74.3 Å². The van der Waals surface area contributed by atoms with Crippen molar-refractivity contribution in [1.29, 1.82) is 0 Å². The van der Waals surface area contributed by atoms with Crippen molar-refractivity contribution in [1.82, 2.24) is 0 Å². The van der Waals surface area contributed by atoms with E-state index < -0.39 is 16.9 Å². The fraction of sp³-hybridized carbons (Fsp3) is 1.00. The fourth-order valence-electron chi connectivity index (χ4n) is 3.34. The molecular formula is C22H50O5SSi2. The van der Waals surface area contributed by atoms with Crippen LogP contribution in [0, 0.1) is 0 Å². The molecule has 0 fully saturated rings. The van der Waals surface area contributed by atoms with Gasteiger partial charge in [-0.05, 0) is 37.8 Å². The highest BCUT2D eigenvalue weighted by Gasteiger charge is 2.40. The Kier molecular flexibility index (Phi) is 20.6. The Morgan fingerprint density at radius 2 is 1.20 bits per heavy atom. The molecule has 0 aliphatic rings. The average Bonchev–Trinajstić information content (AvgIpc) is 2.76. The molecule has 0 atom stereocenters. The monoisotopic (exact) mass is 482 g/mol. The molecule has 0 unspecified atom stereocenters. The standard InChI is InChI=1S/C22H50O5SSi2/c1-7-13-15-23-16-17-24-18-19-27-30(25-8-2,26-9-3)21-14-20-28-22-29(10-4,11-5)12-6/h7-22H2,1-6H3. The summed E-state index contributed by atoms with van der Waals surface area (Å²) in [5.41, 5.74) is 0. The second kappa shape index (κ2) is 20.2. The van der Waals surface area contributed by atoms with Gasteiger partial charge in [-0.15, -0.1) is 0 Å². The van der Waals surface area contributed by atoms with Crippen LogP contribution in [0.4, 0.5) is 0 Å². The van der Waals surface area contributed by atoms with Gasteiger partial charge < -0.3 is 22.8 Å². The molecule has 8 heteroatoms. The Bertz CT molecular complexity index is 359. The van der Waals surface area contributed by atoms with Crippen LogP contribution in [0.3, 0.4) is 0 Å². The normalized spacial score (nSPS) is 12.6. The molecule has 0 aromatic heterocycles. The third kappa shape index (κ3) is 13.9. The molecule has 182 valence electrons. The van der Waals surface area contributed by atoms with Gasteiger partial charge in [0.2, 0.25) is 0 Å². The molecule has 0 spiro atoms. The van der Waals surface area contributed by atoms with Crippen LogP contribution in [0.2, 0.25) is 24.2 Å². The second-order valence-corrected chi connectivity index (χ2v) is 17.5. The maximum Gasteiger partial charge on any atom is 0.501 e. The third-order valence-electron chi connectivity index (χ3n) is 5.72. The highest BCUT2D eigenvalue weighted by Crippen LogP contribution is 2.26. The zero-order chi connectivity index (χ0) is 22.6. The van der Waals surface area contributed by atoms with Crippen molar-refractivity contribution >= 4 is 28.6 Å². The van der Waals surface area contributed by atoms with Crippen LogP contribution in [0.15, 0.2) is 0 Å². The fourth-order valence-corrected chi connectivity index (χ4v) is 12.8. The van der Waals surface area contributed by atoms with Gasteiger partial charge in [0.1, 0.15) is 0 Å². The minimum Gasteiger partial charge on any atom is -0.379 e. The lowest BCUT2D eigenvalue weighted by Gasteiger charge is -2.29. The number of hydrogen-bond donors (Lipinski definition) is 0. The molecule has 0 aromatic rings. The van der Waals surface area contributed by atoms with Gasteiger partial charge in [0.05, 0.1) is 34.5 Å². The van der Waals surface area contributed by atoms with Crippen molar-refractivity contribution in [2.75, 3.05) is 57.4 Å². The number of ether oxygens (including phenoxy) is 2. The summed E-state index contributed by atoms with van der Waals surface area (Å²) >= 11 is 2.13. The quantitative estimate of drug-likeness (QED) is 0.131. The number of hydrogen-bond acceptors (Lipinski definition) is 6. The van der Waals surface area contributed by atoms with Gasteiger partial charge in [-0.1, -0.05) is 52.2 Å². The van der Waals surface area contributed by atoms with Crippen LogP contribution in [-0.2, 0) is 22.8 Å². The molecule has 0 heterocycles. The predicted molar refractivity (Wildman–Crippen MR) is 135 cm³/mol. The van der Waals surface area contributed by atoms with Gasteiger partial charge in [0.15, 0.2) is 0 Å². The van der Waals surface area contributed by atoms with Crippen molar-refractivity contribution in [3.05, 3.63) is 0 Å². The Labute approximate surface area is 193 Å². The predicted octanol–water partition coefficient (Wildman–Crippen LogP) is 6.02. The van der Waals surface area contributed by atoms with E-state index in [9.17, 15) is 0 Å². The Hall–Kier alpha value is 0.584. The number of thioether (sulfide) groups is 1. The summed E-state index contributed by atoms with van der Waals surface area (Å²) in [5, 5.41) is 1.38. The molecule has 0 radical (unpaired) electrons. The SMILES string of the molecule is CCCCOCCOCCO[Si](CCCSC[Si](CC)(CC)CC)(OCC)OCC. The topological polar surface area (TPSA) is 46.2 Å². The smallest absolute Gasteiger partial charge is 0.379 e. The van der Waals surface area contributed by atoms with E-state index in [1.807, 2.05) is 13.8 Å². The lowest BCUT2D eigenvalue weighted by Crippen LogP contribution is -2.46. The van der Waals surface area contributed by atoms with Gasteiger partial charge in [0, 0.05) is 25.9 Å². The second-order valence-electron chi connectivity index (χ2n) is 7.69. The van der Waals surface area contributed by atoms with Gasteiger partial charge >= 0.3 is 8.80 Å². The Morgan fingerprint density at radius 1 is 0.633 bits per heavy atom. The van der Waals surface area contributed by atoms with E-state index in [0.29, 0.717) is 39.6 Å². The Morgan fingerprint density at radius 3 is 1.73 bits per heavy atom. The largest absolute Gasteiger partial charge is 0.501 e. The van der Waals surface area contributed by atoms with Crippen LogP contribution in [0.1, 0.15) is 60.8 Å². The molecular weight excluding hydrogens is 432 g/mol. The molecule has 0 aliphatic carbocycles. The van der Waals surface area contributed by atoms with E-state index in [4.69, 9.17) is 22.8 Å². The summed E-state index contributed by atoms with van der Waals surface area (Å²) < 4.78 is 29.5. The van der Waals surface area contributed by atoms with E-state index in [2.05, 4.69) is 39.5 Å². The highest BCUT2D eigenvalue weighted by molar-refractivity contribution is 8.00. The van der Waals surface area contributed by atoms with E-state index in [-0.39, 0.29) is 0 Å². The first-order valence-electron chi connectivity index (χ1n) is 12.2. The van der Waals surface area contributed by atoms with Crippen LogP contribution < -0.4 is 0 Å². The summed E-state index contributed by atoms with van der Waals surface area (Å²) in [5.74, 6) is 1.17. The van der Waals surface area contributed by atoms with Crippen LogP contribution >= 0.6 is 11.8 Å². The lowest BCUT2D eigenvalue weighted by molar-refractivity contribution is 0.0122. The summed E-state index contributed by atoms with van der Waals surface area (Å²) in [6.45, 7) is 17.8. The summed E-state index contributed by atoms with van der Waals surface area (Å²) in [4.78, 5) is 0. The molecule has 0 amide bonds. The van der Waals surface area contributed by atoms with E-state index in [1.54, 1.807) is 0 Å².